The van der Waals surface area contributed by atoms with Crippen LogP contribution in [0.3, 0.4) is 0 Å². The highest BCUT2D eigenvalue weighted by molar-refractivity contribution is 6.67. The van der Waals surface area contributed by atoms with Gasteiger partial charge in [-0.2, -0.15) is 0 Å². The normalized spacial score (nSPS) is 12.0. The van der Waals surface area contributed by atoms with Crippen LogP contribution in [-0.4, -0.2) is 21.8 Å². The van der Waals surface area contributed by atoms with Gasteiger partial charge in [-0.05, 0) is 25.9 Å². The zero-order valence-electron chi connectivity index (χ0n) is 18.0. The van der Waals surface area contributed by atoms with Crippen molar-refractivity contribution in [2.45, 2.75) is 130 Å². The maximum absolute atomic E-state index is 6.05. The quantitative estimate of drug-likeness (QED) is 0.159. The second-order valence-electron chi connectivity index (χ2n) is 7.48. The molecule has 0 rings (SSSR count). The second-order valence-corrected chi connectivity index (χ2v) is 11.1. The summed E-state index contributed by atoms with van der Waals surface area (Å²) in [6.07, 6.45) is 19.9. The highest BCUT2D eigenvalue weighted by Gasteiger charge is 2.33. The van der Waals surface area contributed by atoms with Crippen LogP contribution in [0.25, 0.3) is 0 Å². The van der Waals surface area contributed by atoms with Crippen molar-refractivity contribution in [2.75, 3.05) is 13.2 Å². The van der Waals surface area contributed by atoms with Crippen molar-refractivity contribution in [3.8, 4) is 0 Å². The fourth-order valence-electron chi connectivity index (χ4n) is 3.68. The summed E-state index contributed by atoms with van der Waals surface area (Å²) in [5.74, 6) is 0. The van der Waals surface area contributed by atoms with Crippen LogP contribution in [0, 0.1) is 0 Å². The van der Waals surface area contributed by atoms with E-state index in [0.29, 0.717) is 0 Å². The molecule has 0 amide bonds. The predicted octanol–water partition coefficient (Wildman–Crippen LogP) is 8.00. The van der Waals surface area contributed by atoms with Gasteiger partial charge in [0.05, 0.1) is 0 Å². The van der Waals surface area contributed by atoms with Gasteiger partial charge >= 0.3 is 8.56 Å². The Hall–Kier alpha value is 0.137. The second kappa shape index (κ2) is 18.9. The van der Waals surface area contributed by atoms with Gasteiger partial charge in [0.1, 0.15) is 0 Å². The van der Waals surface area contributed by atoms with Crippen LogP contribution < -0.4 is 0 Å². The molecular formula is C22H48O2Si. The summed E-state index contributed by atoms with van der Waals surface area (Å²) < 4.78 is 12.1. The monoisotopic (exact) mass is 372 g/mol. The highest BCUT2D eigenvalue weighted by Crippen LogP contribution is 2.23. The van der Waals surface area contributed by atoms with E-state index < -0.39 is 8.56 Å². The van der Waals surface area contributed by atoms with Crippen molar-refractivity contribution in [1.29, 1.82) is 0 Å². The summed E-state index contributed by atoms with van der Waals surface area (Å²) in [5.41, 5.74) is 0. The molecule has 0 bridgehead atoms. The van der Waals surface area contributed by atoms with Crippen molar-refractivity contribution >= 4 is 8.56 Å². The molecule has 0 aliphatic carbocycles. The van der Waals surface area contributed by atoms with Crippen molar-refractivity contribution in [2.24, 2.45) is 0 Å². The van der Waals surface area contributed by atoms with Crippen LogP contribution in [-0.2, 0) is 8.85 Å². The molecule has 2 nitrogen and oxygen atoms in total. The van der Waals surface area contributed by atoms with Crippen molar-refractivity contribution in [3.63, 3.8) is 0 Å². The summed E-state index contributed by atoms with van der Waals surface area (Å²) in [6.45, 7) is 10.3. The lowest BCUT2D eigenvalue weighted by Crippen LogP contribution is -2.41. The van der Waals surface area contributed by atoms with E-state index in [4.69, 9.17) is 8.85 Å². The first-order chi connectivity index (χ1) is 12.2. The van der Waals surface area contributed by atoms with E-state index in [9.17, 15) is 0 Å². The molecule has 0 aliphatic heterocycles. The molecule has 152 valence electrons. The Morgan fingerprint density at radius 3 is 1.16 bits per heavy atom. The standard InChI is InChI=1S/C22H48O2Si/c1-5-9-10-11-12-13-14-15-16-17-18-19-20-21-22-25(8-4,23-6-2)24-7-3/h5-22H2,1-4H3. The Kier molecular flexibility index (Phi) is 19.0. The predicted molar refractivity (Wildman–Crippen MR) is 115 cm³/mol. The molecule has 0 aromatic carbocycles. The Bertz CT molecular complexity index is 252. The average Bonchev–Trinajstić information content (AvgIpc) is 2.62. The Balaban J connectivity index is 3.42. The van der Waals surface area contributed by atoms with Gasteiger partial charge in [0.25, 0.3) is 0 Å². The summed E-state index contributed by atoms with van der Waals surface area (Å²) in [4.78, 5) is 0. The van der Waals surface area contributed by atoms with E-state index in [2.05, 4.69) is 27.7 Å². The summed E-state index contributed by atoms with van der Waals surface area (Å²) in [6, 6.07) is 2.27. The molecule has 0 radical (unpaired) electrons. The van der Waals surface area contributed by atoms with E-state index in [1.165, 1.54) is 95.9 Å². The molecule has 25 heavy (non-hydrogen) atoms. The Morgan fingerprint density at radius 1 is 0.480 bits per heavy atom. The lowest BCUT2D eigenvalue weighted by Gasteiger charge is -2.28. The fraction of sp³-hybridized carbons (Fsp3) is 1.00. The fourth-order valence-corrected chi connectivity index (χ4v) is 6.66. The van der Waals surface area contributed by atoms with E-state index in [0.717, 1.165) is 19.3 Å². The summed E-state index contributed by atoms with van der Waals surface area (Å²) in [7, 11) is -1.87. The average molecular weight is 373 g/mol. The number of rotatable bonds is 20. The molecule has 0 atom stereocenters. The van der Waals surface area contributed by atoms with Gasteiger partial charge < -0.3 is 8.85 Å². The molecular weight excluding hydrogens is 324 g/mol. The van der Waals surface area contributed by atoms with Crippen LogP contribution in [0.1, 0.15) is 118 Å². The molecule has 0 saturated heterocycles. The smallest absolute Gasteiger partial charge is 0.337 e. The third-order valence-corrected chi connectivity index (χ3v) is 9.09. The first-order valence-electron chi connectivity index (χ1n) is 11.5. The van der Waals surface area contributed by atoms with Gasteiger partial charge in [0, 0.05) is 13.2 Å². The molecule has 0 fully saturated rings. The number of unbranched alkanes of at least 4 members (excludes halogenated alkanes) is 13. The Labute approximate surface area is 160 Å². The lowest BCUT2D eigenvalue weighted by atomic mass is 10.0. The van der Waals surface area contributed by atoms with Crippen LogP contribution in [0.2, 0.25) is 12.1 Å². The number of hydrogen-bond donors (Lipinski definition) is 0. The van der Waals surface area contributed by atoms with Gasteiger partial charge in [0.15, 0.2) is 0 Å². The summed E-state index contributed by atoms with van der Waals surface area (Å²) in [5, 5.41) is 0. The van der Waals surface area contributed by atoms with E-state index in [1.807, 2.05) is 0 Å². The minimum Gasteiger partial charge on any atom is -0.394 e. The lowest BCUT2D eigenvalue weighted by molar-refractivity contribution is 0.182. The van der Waals surface area contributed by atoms with Gasteiger partial charge in [0.2, 0.25) is 0 Å². The van der Waals surface area contributed by atoms with Crippen LogP contribution in [0.5, 0.6) is 0 Å². The topological polar surface area (TPSA) is 18.5 Å². The number of hydrogen-bond acceptors (Lipinski definition) is 2. The van der Waals surface area contributed by atoms with Gasteiger partial charge in [-0.3, -0.25) is 0 Å². The third kappa shape index (κ3) is 14.9. The zero-order chi connectivity index (χ0) is 18.6. The molecule has 0 spiro atoms. The first-order valence-corrected chi connectivity index (χ1v) is 13.8. The molecule has 3 heteroatoms. The third-order valence-electron chi connectivity index (χ3n) is 5.26. The maximum atomic E-state index is 6.05. The van der Waals surface area contributed by atoms with Crippen molar-refractivity contribution < 1.29 is 8.85 Å². The van der Waals surface area contributed by atoms with E-state index >= 15 is 0 Å². The molecule has 0 aromatic rings. The van der Waals surface area contributed by atoms with E-state index in [1.54, 1.807) is 0 Å². The largest absolute Gasteiger partial charge is 0.394 e. The molecule has 0 unspecified atom stereocenters. The van der Waals surface area contributed by atoms with Gasteiger partial charge in [-0.1, -0.05) is 104 Å². The zero-order valence-corrected chi connectivity index (χ0v) is 19.0. The maximum Gasteiger partial charge on any atom is 0.337 e. The van der Waals surface area contributed by atoms with Crippen molar-refractivity contribution in [1.82, 2.24) is 0 Å². The van der Waals surface area contributed by atoms with Crippen LogP contribution in [0.15, 0.2) is 0 Å². The molecule has 0 heterocycles. The molecule has 0 aromatic heterocycles. The van der Waals surface area contributed by atoms with Gasteiger partial charge in [-0.15, -0.1) is 0 Å². The minimum absolute atomic E-state index is 0.804. The molecule has 0 aliphatic rings. The minimum atomic E-state index is -1.87. The van der Waals surface area contributed by atoms with Crippen molar-refractivity contribution in [3.05, 3.63) is 0 Å². The van der Waals surface area contributed by atoms with Crippen LogP contribution >= 0.6 is 0 Å². The van der Waals surface area contributed by atoms with Gasteiger partial charge in [-0.25, -0.2) is 0 Å². The SMILES string of the molecule is CCCCCCCCCCCCCCCC[Si](CC)(OCC)OCC. The molecule has 0 N–H and O–H groups in total. The van der Waals surface area contributed by atoms with Crippen LogP contribution in [0.4, 0.5) is 0 Å². The first kappa shape index (κ1) is 25.1. The molecule has 0 saturated carbocycles. The Morgan fingerprint density at radius 2 is 0.840 bits per heavy atom. The summed E-state index contributed by atoms with van der Waals surface area (Å²) >= 11 is 0. The van der Waals surface area contributed by atoms with E-state index in [-0.39, 0.29) is 0 Å². The highest BCUT2D eigenvalue weighted by atomic mass is 28.4.